The van der Waals surface area contributed by atoms with Crippen molar-refractivity contribution in [2.24, 2.45) is 0 Å². The fraction of sp³-hybridized carbons (Fsp3) is 0.250. The zero-order chi connectivity index (χ0) is 12.8. The average molecular weight is 376 g/mol. The molecule has 2 aromatic rings. The van der Waals surface area contributed by atoms with E-state index in [2.05, 4.69) is 5.10 Å². The SMILES string of the molecule is O=C(O)Cn1nc(I)c2sc(C(F)(F)F)cc21. The molecule has 0 amide bonds. The molecule has 0 bridgehead atoms. The minimum absolute atomic E-state index is 0.203. The number of aromatic nitrogens is 2. The number of carboxylic acid groups (broad SMARTS) is 1. The van der Waals surface area contributed by atoms with E-state index in [1.54, 1.807) is 22.6 Å². The zero-order valence-corrected chi connectivity index (χ0v) is 10.9. The molecule has 0 aromatic carbocycles. The molecule has 0 aliphatic rings. The van der Waals surface area contributed by atoms with Crippen molar-refractivity contribution in [3.8, 4) is 0 Å². The molecule has 17 heavy (non-hydrogen) atoms. The number of carboxylic acids is 1. The number of halogens is 4. The lowest BCUT2D eigenvalue weighted by Crippen LogP contribution is -2.10. The predicted molar refractivity (Wildman–Crippen MR) is 63.0 cm³/mol. The number of aliphatic carboxylic acids is 1. The fourth-order valence-corrected chi connectivity index (χ4v) is 3.08. The summed E-state index contributed by atoms with van der Waals surface area (Å²) in [4.78, 5) is 9.80. The number of hydrogen-bond donors (Lipinski definition) is 1. The lowest BCUT2D eigenvalue weighted by atomic mass is 10.4. The molecule has 2 aromatic heterocycles. The van der Waals surface area contributed by atoms with Crippen LogP contribution < -0.4 is 0 Å². The molecule has 2 rings (SSSR count). The van der Waals surface area contributed by atoms with Crippen molar-refractivity contribution in [3.63, 3.8) is 0 Å². The second kappa shape index (κ2) is 4.12. The van der Waals surface area contributed by atoms with Gasteiger partial charge in [-0.05, 0) is 28.7 Å². The molecule has 0 aliphatic heterocycles. The summed E-state index contributed by atoms with van der Waals surface area (Å²) in [6, 6.07) is 0.929. The monoisotopic (exact) mass is 376 g/mol. The normalized spacial score (nSPS) is 12.2. The Labute approximate surface area is 110 Å². The lowest BCUT2D eigenvalue weighted by molar-refractivity contribution is -0.137. The van der Waals surface area contributed by atoms with Crippen LogP contribution in [0.2, 0.25) is 0 Å². The lowest BCUT2D eigenvalue weighted by Gasteiger charge is -2.01. The molecular weight excluding hydrogens is 372 g/mol. The van der Waals surface area contributed by atoms with E-state index in [0.717, 1.165) is 10.7 Å². The van der Waals surface area contributed by atoms with Gasteiger partial charge in [0, 0.05) is 0 Å². The van der Waals surface area contributed by atoms with Gasteiger partial charge in [-0.2, -0.15) is 18.3 Å². The first-order valence-corrected chi connectivity index (χ1v) is 6.13. The van der Waals surface area contributed by atoms with E-state index in [-0.39, 0.29) is 5.52 Å². The van der Waals surface area contributed by atoms with Gasteiger partial charge in [0.05, 0.1) is 10.2 Å². The third kappa shape index (κ3) is 2.39. The van der Waals surface area contributed by atoms with Gasteiger partial charge in [0.2, 0.25) is 0 Å². The fourth-order valence-electron chi connectivity index (χ4n) is 1.31. The quantitative estimate of drug-likeness (QED) is 0.821. The Hall–Kier alpha value is -0.840. The molecule has 0 fully saturated rings. The van der Waals surface area contributed by atoms with Crippen molar-refractivity contribution in [2.45, 2.75) is 12.7 Å². The van der Waals surface area contributed by atoms with E-state index in [1.165, 1.54) is 0 Å². The van der Waals surface area contributed by atoms with Crippen LogP contribution in [0.3, 0.4) is 0 Å². The molecule has 0 atom stereocenters. The Morgan fingerprint density at radius 3 is 2.76 bits per heavy atom. The van der Waals surface area contributed by atoms with Gasteiger partial charge in [-0.25, -0.2) is 0 Å². The zero-order valence-electron chi connectivity index (χ0n) is 7.95. The number of nitrogens with zero attached hydrogens (tertiary/aromatic N) is 2. The number of fused-ring (bicyclic) bond motifs is 1. The summed E-state index contributed by atoms with van der Waals surface area (Å²) in [6.07, 6.45) is -4.42. The Bertz CT molecular complexity index is 589. The van der Waals surface area contributed by atoms with E-state index in [4.69, 9.17) is 5.11 Å². The number of alkyl halides is 3. The Kier molecular flexibility index (Phi) is 3.06. The smallest absolute Gasteiger partial charge is 0.425 e. The summed E-state index contributed by atoms with van der Waals surface area (Å²) >= 11 is 2.36. The average Bonchev–Trinajstić information content (AvgIpc) is 2.67. The molecule has 9 heteroatoms. The van der Waals surface area contributed by atoms with Crippen LogP contribution in [0.1, 0.15) is 4.88 Å². The number of carbonyl (C=O) groups is 1. The summed E-state index contributed by atoms with van der Waals surface area (Å²) in [6.45, 7) is -0.451. The molecule has 2 heterocycles. The van der Waals surface area contributed by atoms with Crippen LogP contribution >= 0.6 is 33.9 Å². The molecule has 1 N–H and O–H groups in total. The van der Waals surface area contributed by atoms with Crippen molar-refractivity contribution >= 4 is 50.1 Å². The molecule has 4 nitrogen and oxygen atoms in total. The van der Waals surface area contributed by atoms with Gasteiger partial charge in [-0.1, -0.05) is 0 Å². The van der Waals surface area contributed by atoms with Gasteiger partial charge < -0.3 is 5.11 Å². The molecule has 0 saturated heterocycles. The van der Waals surface area contributed by atoms with Gasteiger partial charge in [0.15, 0.2) is 0 Å². The Morgan fingerprint density at radius 2 is 2.24 bits per heavy atom. The van der Waals surface area contributed by atoms with E-state index < -0.39 is 23.6 Å². The highest BCUT2D eigenvalue weighted by molar-refractivity contribution is 14.1. The number of thiophene rings is 1. The molecule has 0 aliphatic carbocycles. The molecule has 92 valence electrons. The van der Waals surface area contributed by atoms with E-state index >= 15 is 0 Å². The van der Waals surface area contributed by atoms with Crippen LogP contribution in [0.15, 0.2) is 6.07 Å². The van der Waals surface area contributed by atoms with Crippen LogP contribution in [0, 0.1) is 3.70 Å². The highest BCUT2D eigenvalue weighted by atomic mass is 127. The van der Waals surface area contributed by atoms with Crippen molar-refractivity contribution < 1.29 is 23.1 Å². The van der Waals surface area contributed by atoms with Crippen LogP contribution in [-0.4, -0.2) is 20.9 Å². The summed E-state index contributed by atoms with van der Waals surface area (Å²) in [5.41, 5.74) is 0.203. The topological polar surface area (TPSA) is 55.1 Å². The van der Waals surface area contributed by atoms with Crippen LogP contribution in [0.4, 0.5) is 13.2 Å². The standard InChI is InChI=1S/C8H4F3IN2O2S/c9-8(10,11)4-1-3-6(17-4)7(12)13-14(3)2-5(15)16/h1H,2H2,(H,15,16). The van der Waals surface area contributed by atoms with Gasteiger partial charge in [0.25, 0.3) is 0 Å². The van der Waals surface area contributed by atoms with Crippen LogP contribution in [0.5, 0.6) is 0 Å². The second-order valence-electron chi connectivity index (χ2n) is 3.16. The molecule has 0 spiro atoms. The van der Waals surface area contributed by atoms with E-state index in [9.17, 15) is 18.0 Å². The Balaban J connectivity index is 2.57. The molecular formula is C8H4F3IN2O2S. The number of rotatable bonds is 2. The third-order valence-electron chi connectivity index (χ3n) is 1.95. The maximum absolute atomic E-state index is 12.5. The highest BCUT2D eigenvalue weighted by Crippen LogP contribution is 2.39. The minimum atomic E-state index is -4.42. The largest absolute Gasteiger partial charge is 0.480 e. The maximum atomic E-state index is 12.5. The number of hydrogen-bond acceptors (Lipinski definition) is 3. The summed E-state index contributed by atoms with van der Waals surface area (Å²) in [5, 5.41) is 12.5. The van der Waals surface area contributed by atoms with Gasteiger partial charge in [0.1, 0.15) is 15.1 Å². The van der Waals surface area contributed by atoms with Gasteiger partial charge in [-0.15, -0.1) is 11.3 Å². The van der Waals surface area contributed by atoms with Crippen molar-refractivity contribution in [3.05, 3.63) is 14.6 Å². The highest BCUT2D eigenvalue weighted by Gasteiger charge is 2.34. The van der Waals surface area contributed by atoms with Gasteiger partial charge in [-0.3, -0.25) is 9.48 Å². The predicted octanol–water partition coefficient (Wildman–Crippen LogP) is 2.81. The summed E-state index contributed by atoms with van der Waals surface area (Å²) in [5.74, 6) is -1.15. The van der Waals surface area contributed by atoms with Crippen LogP contribution in [-0.2, 0) is 17.5 Å². The molecule has 0 unspecified atom stereocenters. The van der Waals surface area contributed by atoms with Crippen molar-refractivity contribution in [2.75, 3.05) is 0 Å². The first kappa shape index (κ1) is 12.6. The minimum Gasteiger partial charge on any atom is -0.480 e. The van der Waals surface area contributed by atoms with E-state index in [0.29, 0.717) is 19.7 Å². The summed E-state index contributed by atoms with van der Waals surface area (Å²) in [7, 11) is 0. The van der Waals surface area contributed by atoms with Crippen molar-refractivity contribution in [1.82, 2.24) is 9.78 Å². The Morgan fingerprint density at radius 1 is 1.59 bits per heavy atom. The summed E-state index contributed by atoms with van der Waals surface area (Å²) < 4.78 is 39.3. The van der Waals surface area contributed by atoms with Crippen LogP contribution in [0.25, 0.3) is 10.2 Å². The second-order valence-corrected chi connectivity index (χ2v) is 5.24. The molecule has 0 radical (unpaired) electrons. The van der Waals surface area contributed by atoms with Gasteiger partial charge >= 0.3 is 12.1 Å². The van der Waals surface area contributed by atoms with Crippen molar-refractivity contribution in [1.29, 1.82) is 0 Å². The molecule has 0 saturated carbocycles. The van der Waals surface area contributed by atoms with E-state index in [1.807, 2.05) is 0 Å². The first-order valence-electron chi connectivity index (χ1n) is 4.24. The first-order chi connectivity index (χ1) is 7.79. The maximum Gasteiger partial charge on any atom is 0.425 e. The third-order valence-corrected chi connectivity index (χ3v) is 4.25.